The lowest BCUT2D eigenvalue weighted by atomic mass is 10.1. The summed E-state index contributed by atoms with van der Waals surface area (Å²) >= 11 is 1.43. The zero-order chi connectivity index (χ0) is 22.0. The molecule has 2 heterocycles. The second-order valence-electron chi connectivity index (χ2n) is 7.72. The second-order valence-corrected chi connectivity index (χ2v) is 8.96. The van der Waals surface area contributed by atoms with E-state index in [0.717, 1.165) is 23.3 Å². The maximum Gasteiger partial charge on any atom is 0.247 e. The number of fused-ring (bicyclic) bond motifs is 1. The normalized spacial score (nSPS) is 22.3. The number of carbonyl (C=O) groups is 2. The molecule has 4 rings (SSSR count). The molecule has 3 atom stereocenters. The van der Waals surface area contributed by atoms with Crippen molar-refractivity contribution >= 4 is 29.3 Å². The van der Waals surface area contributed by atoms with Crippen molar-refractivity contribution in [2.75, 3.05) is 17.7 Å². The number of nitrogens with one attached hydrogen (secondary N) is 2. The highest BCUT2D eigenvalue weighted by Crippen LogP contribution is 2.38. The summed E-state index contributed by atoms with van der Waals surface area (Å²) in [6.45, 7) is 4.35. The third-order valence-electron chi connectivity index (χ3n) is 5.28. The number of rotatable bonds is 6. The summed E-state index contributed by atoms with van der Waals surface area (Å²) in [6, 6.07) is 9.16. The van der Waals surface area contributed by atoms with Crippen LogP contribution in [0.1, 0.15) is 25.0 Å². The lowest BCUT2D eigenvalue weighted by Gasteiger charge is -2.28. The molecular formula is C23H25FN2O4S. The highest BCUT2D eigenvalue weighted by molar-refractivity contribution is 8.00. The summed E-state index contributed by atoms with van der Waals surface area (Å²) in [5, 5.41) is 5.38. The van der Waals surface area contributed by atoms with E-state index in [1.54, 1.807) is 18.2 Å². The number of anilines is 1. The topological polar surface area (TPSA) is 76.7 Å². The van der Waals surface area contributed by atoms with Gasteiger partial charge < -0.3 is 20.1 Å². The molecule has 0 aromatic heterocycles. The Morgan fingerprint density at radius 3 is 2.81 bits per heavy atom. The van der Waals surface area contributed by atoms with Crippen molar-refractivity contribution in [1.29, 1.82) is 0 Å². The van der Waals surface area contributed by atoms with Crippen LogP contribution in [0.4, 0.5) is 10.1 Å². The molecule has 2 aliphatic heterocycles. The summed E-state index contributed by atoms with van der Waals surface area (Å²) < 4.78 is 24.6. The number of hydrogen-bond acceptors (Lipinski definition) is 5. The maximum absolute atomic E-state index is 13.1. The SMILES string of the molecule is CCOc1cc2c(cc1NC(=O)[C@@H]1CS[C@@H](Cc3ccc(F)cc3)C(=O)N1)O[C@H](C)C2. The Bertz CT molecular complexity index is 982. The minimum absolute atomic E-state index is 0.0856. The zero-order valence-corrected chi connectivity index (χ0v) is 18.3. The van der Waals surface area contributed by atoms with Crippen LogP contribution in [-0.2, 0) is 22.4 Å². The van der Waals surface area contributed by atoms with Gasteiger partial charge in [-0.25, -0.2) is 4.39 Å². The number of carbonyl (C=O) groups excluding carboxylic acids is 2. The van der Waals surface area contributed by atoms with Crippen LogP contribution < -0.4 is 20.1 Å². The summed E-state index contributed by atoms with van der Waals surface area (Å²) in [5.41, 5.74) is 2.47. The van der Waals surface area contributed by atoms with Crippen molar-refractivity contribution in [1.82, 2.24) is 5.32 Å². The molecule has 0 radical (unpaired) electrons. The molecule has 0 saturated carbocycles. The van der Waals surface area contributed by atoms with Gasteiger partial charge in [0, 0.05) is 23.8 Å². The van der Waals surface area contributed by atoms with Crippen LogP contribution in [0.15, 0.2) is 36.4 Å². The fourth-order valence-corrected chi connectivity index (χ4v) is 4.94. The predicted molar refractivity (Wildman–Crippen MR) is 118 cm³/mol. The molecule has 2 N–H and O–H groups in total. The van der Waals surface area contributed by atoms with E-state index in [9.17, 15) is 14.0 Å². The highest BCUT2D eigenvalue weighted by Gasteiger charge is 2.33. The van der Waals surface area contributed by atoms with E-state index in [-0.39, 0.29) is 29.0 Å². The fourth-order valence-electron chi connectivity index (χ4n) is 3.75. The average molecular weight is 445 g/mol. The Morgan fingerprint density at radius 2 is 2.10 bits per heavy atom. The average Bonchev–Trinajstić information content (AvgIpc) is 3.10. The van der Waals surface area contributed by atoms with Crippen molar-refractivity contribution < 1.29 is 23.5 Å². The van der Waals surface area contributed by atoms with Gasteiger partial charge in [-0.3, -0.25) is 9.59 Å². The molecule has 0 bridgehead atoms. The van der Waals surface area contributed by atoms with Crippen molar-refractivity contribution in [3.05, 3.63) is 53.3 Å². The molecule has 2 aromatic carbocycles. The first-order valence-corrected chi connectivity index (χ1v) is 11.4. The number of thioether (sulfide) groups is 1. The molecule has 0 aliphatic carbocycles. The molecule has 164 valence electrons. The molecule has 0 unspecified atom stereocenters. The Kier molecular flexibility index (Phi) is 6.36. The van der Waals surface area contributed by atoms with Crippen LogP contribution in [0.3, 0.4) is 0 Å². The monoisotopic (exact) mass is 444 g/mol. The standard InChI is InChI=1S/C23H25FN2O4S/c1-3-29-20-10-15-8-13(2)30-19(15)11-17(20)25-22(27)18-12-31-21(23(28)26-18)9-14-4-6-16(24)7-5-14/h4-7,10-11,13,18,21H,3,8-9,12H2,1-2H3,(H,25,27)(H,26,28)/t13-,18+,21+/m1/s1. The Labute approximate surface area is 184 Å². The van der Waals surface area contributed by atoms with Gasteiger partial charge in [-0.15, -0.1) is 11.8 Å². The van der Waals surface area contributed by atoms with Gasteiger partial charge in [0.15, 0.2) is 0 Å². The van der Waals surface area contributed by atoms with Crippen LogP contribution in [0, 0.1) is 5.82 Å². The highest BCUT2D eigenvalue weighted by atomic mass is 32.2. The number of ether oxygens (including phenoxy) is 2. The van der Waals surface area contributed by atoms with Crippen LogP contribution in [-0.4, -0.2) is 41.6 Å². The predicted octanol–water partition coefficient (Wildman–Crippen LogP) is 3.33. The van der Waals surface area contributed by atoms with Gasteiger partial charge in [0.1, 0.15) is 29.5 Å². The van der Waals surface area contributed by atoms with Gasteiger partial charge in [-0.05, 0) is 44.0 Å². The van der Waals surface area contributed by atoms with Gasteiger partial charge in [-0.1, -0.05) is 12.1 Å². The van der Waals surface area contributed by atoms with Crippen molar-refractivity contribution in [2.45, 2.75) is 44.1 Å². The minimum atomic E-state index is -0.649. The molecular weight excluding hydrogens is 419 g/mol. The van der Waals surface area contributed by atoms with E-state index in [1.165, 1.54) is 23.9 Å². The first-order chi connectivity index (χ1) is 14.9. The first-order valence-electron chi connectivity index (χ1n) is 10.4. The molecule has 2 aliphatic rings. The molecule has 2 amide bonds. The van der Waals surface area contributed by atoms with E-state index in [2.05, 4.69) is 10.6 Å². The van der Waals surface area contributed by atoms with Crippen LogP contribution in [0.25, 0.3) is 0 Å². The number of benzene rings is 2. The smallest absolute Gasteiger partial charge is 0.247 e. The van der Waals surface area contributed by atoms with E-state index < -0.39 is 6.04 Å². The summed E-state index contributed by atoms with van der Waals surface area (Å²) in [5.74, 6) is 0.985. The summed E-state index contributed by atoms with van der Waals surface area (Å²) in [6.07, 6.45) is 1.37. The summed E-state index contributed by atoms with van der Waals surface area (Å²) in [4.78, 5) is 25.4. The molecule has 1 fully saturated rings. The molecule has 1 saturated heterocycles. The number of halogens is 1. The van der Waals surface area contributed by atoms with Crippen LogP contribution >= 0.6 is 11.8 Å². The van der Waals surface area contributed by atoms with E-state index >= 15 is 0 Å². The summed E-state index contributed by atoms with van der Waals surface area (Å²) in [7, 11) is 0. The van der Waals surface area contributed by atoms with Crippen molar-refractivity contribution in [2.24, 2.45) is 0 Å². The Hall–Kier alpha value is -2.74. The van der Waals surface area contributed by atoms with Crippen molar-refractivity contribution in [3.8, 4) is 11.5 Å². The van der Waals surface area contributed by atoms with E-state index in [4.69, 9.17) is 9.47 Å². The number of hydrogen-bond donors (Lipinski definition) is 2. The lowest BCUT2D eigenvalue weighted by molar-refractivity contribution is -0.126. The Balaban J connectivity index is 1.40. The molecule has 2 aromatic rings. The Morgan fingerprint density at radius 1 is 1.32 bits per heavy atom. The third-order valence-corrected chi connectivity index (χ3v) is 6.59. The molecule has 31 heavy (non-hydrogen) atoms. The van der Waals surface area contributed by atoms with Crippen LogP contribution in [0.2, 0.25) is 0 Å². The molecule has 8 heteroatoms. The van der Waals surface area contributed by atoms with Gasteiger partial charge in [-0.2, -0.15) is 0 Å². The molecule has 0 spiro atoms. The minimum Gasteiger partial charge on any atom is -0.492 e. The van der Waals surface area contributed by atoms with E-state index in [0.29, 0.717) is 30.2 Å². The van der Waals surface area contributed by atoms with Crippen LogP contribution in [0.5, 0.6) is 11.5 Å². The lowest BCUT2D eigenvalue weighted by Crippen LogP contribution is -2.52. The van der Waals surface area contributed by atoms with Gasteiger partial charge in [0.05, 0.1) is 17.5 Å². The number of amides is 2. The molecule has 6 nitrogen and oxygen atoms in total. The van der Waals surface area contributed by atoms with Gasteiger partial charge in [0.2, 0.25) is 11.8 Å². The van der Waals surface area contributed by atoms with Gasteiger partial charge >= 0.3 is 0 Å². The third kappa shape index (κ3) is 4.95. The van der Waals surface area contributed by atoms with E-state index in [1.807, 2.05) is 19.9 Å². The second kappa shape index (κ2) is 9.18. The first kappa shape index (κ1) is 21.5. The fraction of sp³-hybridized carbons (Fsp3) is 0.391. The maximum atomic E-state index is 13.1. The quantitative estimate of drug-likeness (QED) is 0.715. The zero-order valence-electron chi connectivity index (χ0n) is 17.4. The van der Waals surface area contributed by atoms with Gasteiger partial charge in [0.25, 0.3) is 0 Å². The largest absolute Gasteiger partial charge is 0.492 e. The van der Waals surface area contributed by atoms with Crippen molar-refractivity contribution in [3.63, 3.8) is 0 Å².